The number of nitrogens with zero attached hydrogens (tertiary/aromatic N) is 4. The highest BCUT2D eigenvalue weighted by molar-refractivity contribution is 5.84. The Kier molecular flexibility index (Phi) is 5.10. The zero-order valence-corrected chi connectivity index (χ0v) is 16.2. The molecule has 4 aromatic rings. The zero-order valence-electron chi connectivity index (χ0n) is 16.2. The average molecular weight is 389 g/mol. The molecule has 3 heterocycles. The summed E-state index contributed by atoms with van der Waals surface area (Å²) in [6.45, 7) is 1.84. The fourth-order valence-electron chi connectivity index (χ4n) is 3.38. The third-order valence-corrected chi connectivity index (χ3v) is 4.86. The monoisotopic (exact) mass is 389 g/mol. The van der Waals surface area contributed by atoms with E-state index in [2.05, 4.69) is 15.1 Å². The van der Waals surface area contributed by atoms with E-state index in [4.69, 9.17) is 5.73 Å². The molecule has 0 saturated heterocycles. The first-order valence-corrected chi connectivity index (χ1v) is 9.56. The minimum Gasteiger partial charge on any atom is -0.390 e. The lowest BCUT2D eigenvalue weighted by Crippen LogP contribution is -2.37. The van der Waals surface area contributed by atoms with Gasteiger partial charge >= 0.3 is 0 Å². The van der Waals surface area contributed by atoms with Gasteiger partial charge in [-0.15, -0.1) is 0 Å². The Morgan fingerprint density at radius 1 is 1.07 bits per heavy atom. The van der Waals surface area contributed by atoms with E-state index in [0.717, 1.165) is 22.9 Å². The van der Waals surface area contributed by atoms with E-state index in [1.165, 1.54) is 0 Å². The topological polar surface area (TPSA) is 110 Å². The summed E-state index contributed by atoms with van der Waals surface area (Å²) in [6.07, 6.45) is 2.96. The van der Waals surface area contributed by atoms with Crippen molar-refractivity contribution >= 4 is 10.9 Å². The predicted octanol–water partition coefficient (Wildman–Crippen LogP) is 2.88. The molecule has 0 amide bonds. The van der Waals surface area contributed by atoms with Crippen LogP contribution in [0.1, 0.15) is 31.2 Å². The maximum absolute atomic E-state index is 10.5. The first-order chi connectivity index (χ1) is 14.0. The Morgan fingerprint density at radius 3 is 2.69 bits per heavy atom. The van der Waals surface area contributed by atoms with E-state index in [1.54, 1.807) is 23.0 Å². The van der Waals surface area contributed by atoms with Gasteiger partial charge in [0.2, 0.25) is 0 Å². The number of rotatable bonds is 6. The van der Waals surface area contributed by atoms with Crippen molar-refractivity contribution in [2.24, 2.45) is 5.73 Å². The molecule has 7 nitrogen and oxygen atoms in total. The molecule has 29 heavy (non-hydrogen) atoms. The summed E-state index contributed by atoms with van der Waals surface area (Å²) in [5, 5.41) is 25.3. The second-order valence-electron chi connectivity index (χ2n) is 7.06. The summed E-state index contributed by atoms with van der Waals surface area (Å²) in [7, 11) is 0. The Labute approximate surface area is 168 Å². The molecule has 0 fully saturated rings. The molecule has 0 aliphatic carbocycles. The molecule has 1 atom stereocenters. The molecule has 0 saturated carbocycles. The lowest BCUT2D eigenvalue weighted by molar-refractivity contribution is 0.0292. The van der Waals surface area contributed by atoms with Crippen LogP contribution in [0.25, 0.3) is 28.0 Å². The first-order valence-electron chi connectivity index (χ1n) is 9.56. The number of aliphatic hydroxyl groups is 2. The number of benzene rings is 1. The van der Waals surface area contributed by atoms with E-state index < -0.39 is 5.72 Å². The van der Waals surface area contributed by atoms with Crippen molar-refractivity contribution in [2.75, 3.05) is 0 Å². The standard InChI is InChI=1S/C22H23N5O2/c1-2-11-22(23,29)20-7-4-6-18(26-20)15-9-10-16-13-24-27(19(16)12-15)21-8-3-5-17(14-28)25-21/h3-10,12-13,28-29H,2,11,14,23H2,1H3/t22-/m0/s1. The number of aromatic nitrogens is 4. The van der Waals surface area contributed by atoms with E-state index in [-0.39, 0.29) is 6.61 Å². The van der Waals surface area contributed by atoms with Crippen LogP contribution in [0.3, 0.4) is 0 Å². The molecular weight excluding hydrogens is 366 g/mol. The van der Waals surface area contributed by atoms with Crippen molar-refractivity contribution in [3.05, 3.63) is 72.2 Å². The first kappa shape index (κ1) is 19.2. The van der Waals surface area contributed by atoms with E-state index in [9.17, 15) is 10.2 Å². The third kappa shape index (κ3) is 3.75. The summed E-state index contributed by atoms with van der Waals surface area (Å²) in [5.41, 5.74) is 8.09. The van der Waals surface area contributed by atoms with Crippen molar-refractivity contribution in [3.8, 4) is 17.1 Å². The quantitative estimate of drug-likeness (QED) is 0.437. The average Bonchev–Trinajstić information content (AvgIpc) is 3.17. The van der Waals surface area contributed by atoms with Gasteiger partial charge in [0.1, 0.15) is 0 Å². The van der Waals surface area contributed by atoms with Crippen LogP contribution in [0.4, 0.5) is 0 Å². The van der Waals surface area contributed by atoms with Crippen LogP contribution >= 0.6 is 0 Å². The highest BCUT2D eigenvalue weighted by Crippen LogP contribution is 2.27. The molecule has 7 heteroatoms. The Hall–Kier alpha value is -3.13. The Morgan fingerprint density at radius 2 is 1.90 bits per heavy atom. The molecule has 0 unspecified atom stereocenters. The van der Waals surface area contributed by atoms with Gasteiger partial charge in [-0.25, -0.2) is 14.6 Å². The lowest BCUT2D eigenvalue weighted by Gasteiger charge is -2.22. The molecule has 0 bridgehead atoms. The van der Waals surface area contributed by atoms with Gasteiger partial charge in [-0.2, -0.15) is 5.10 Å². The molecule has 0 spiro atoms. The number of pyridine rings is 2. The summed E-state index contributed by atoms with van der Waals surface area (Å²) in [4.78, 5) is 9.04. The highest BCUT2D eigenvalue weighted by atomic mass is 16.3. The minimum absolute atomic E-state index is 0.130. The predicted molar refractivity (Wildman–Crippen MR) is 111 cm³/mol. The van der Waals surface area contributed by atoms with Gasteiger partial charge in [-0.3, -0.25) is 5.73 Å². The maximum Gasteiger partial charge on any atom is 0.156 e. The molecule has 0 aliphatic heterocycles. The van der Waals surface area contributed by atoms with Crippen molar-refractivity contribution < 1.29 is 10.2 Å². The summed E-state index contributed by atoms with van der Waals surface area (Å²) in [6, 6.07) is 16.8. The van der Waals surface area contributed by atoms with E-state index in [0.29, 0.717) is 29.3 Å². The van der Waals surface area contributed by atoms with Gasteiger partial charge in [0.25, 0.3) is 0 Å². The normalized spacial score (nSPS) is 13.5. The van der Waals surface area contributed by atoms with Crippen LogP contribution in [-0.4, -0.2) is 30.0 Å². The molecule has 148 valence electrons. The fourth-order valence-corrected chi connectivity index (χ4v) is 3.38. The van der Waals surface area contributed by atoms with Crippen molar-refractivity contribution in [3.63, 3.8) is 0 Å². The van der Waals surface area contributed by atoms with Crippen LogP contribution in [0.5, 0.6) is 0 Å². The van der Waals surface area contributed by atoms with Crippen molar-refractivity contribution in [2.45, 2.75) is 32.1 Å². The molecule has 4 N–H and O–H groups in total. The van der Waals surface area contributed by atoms with Gasteiger partial charge in [-0.05, 0) is 36.8 Å². The summed E-state index contributed by atoms with van der Waals surface area (Å²) >= 11 is 0. The molecule has 0 aliphatic rings. The SMILES string of the molecule is CCC[C@](N)(O)c1cccc(-c2ccc3cnn(-c4cccc(CO)n4)c3c2)n1. The van der Waals surface area contributed by atoms with Crippen LogP contribution in [0, 0.1) is 0 Å². The number of hydrogen-bond donors (Lipinski definition) is 3. The fraction of sp³-hybridized carbons (Fsp3) is 0.227. The number of aliphatic hydroxyl groups excluding tert-OH is 1. The molecule has 4 rings (SSSR count). The van der Waals surface area contributed by atoms with E-state index >= 15 is 0 Å². The summed E-state index contributed by atoms with van der Waals surface area (Å²) in [5.74, 6) is 0.629. The summed E-state index contributed by atoms with van der Waals surface area (Å²) < 4.78 is 1.73. The number of nitrogens with two attached hydrogens (primary N) is 1. The van der Waals surface area contributed by atoms with Gasteiger partial charge in [0.15, 0.2) is 11.5 Å². The van der Waals surface area contributed by atoms with Crippen LogP contribution in [0.15, 0.2) is 60.8 Å². The maximum atomic E-state index is 10.5. The van der Waals surface area contributed by atoms with E-state index in [1.807, 2.05) is 49.4 Å². The van der Waals surface area contributed by atoms with Crippen LogP contribution in [-0.2, 0) is 12.3 Å². The number of hydrogen-bond acceptors (Lipinski definition) is 6. The molecule has 3 aromatic heterocycles. The highest BCUT2D eigenvalue weighted by Gasteiger charge is 2.24. The van der Waals surface area contributed by atoms with Gasteiger partial charge < -0.3 is 10.2 Å². The Bertz CT molecular complexity index is 1150. The van der Waals surface area contributed by atoms with Gasteiger partial charge in [0, 0.05) is 10.9 Å². The second kappa shape index (κ2) is 7.71. The van der Waals surface area contributed by atoms with Crippen molar-refractivity contribution in [1.82, 2.24) is 19.7 Å². The van der Waals surface area contributed by atoms with Crippen molar-refractivity contribution in [1.29, 1.82) is 0 Å². The zero-order chi connectivity index (χ0) is 20.4. The largest absolute Gasteiger partial charge is 0.390 e. The molecular formula is C22H23N5O2. The number of fused-ring (bicyclic) bond motifs is 1. The van der Waals surface area contributed by atoms with Gasteiger partial charge in [-0.1, -0.05) is 37.6 Å². The lowest BCUT2D eigenvalue weighted by atomic mass is 10.0. The molecule has 0 radical (unpaired) electrons. The van der Waals surface area contributed by atoms with Crippen LogP contribution in [0.2, 0.25) is 0 Å². The third-order valence-electron chi connectivity index (χ3n) is 4.86. The minimum atomic E-state index is -1.45. The van der Waals surface area contributed by atoms with Gasteiger partial charge in [0.05, 0.1) is 35.4 Å². The Balaban J connectivity index is 1.78. The molecule has 1 aromatic carbocycles. The smallest absolute Gasteiger partial charge is 0.156 e. The second-order valence-corrected chi connectivity index (χ2v) is 7.06. The van der Waals surface area contributed by atoms with Crippen LogP contribution < -0.4 is 5.73 Å².